The summed E-state index contributed by atoms with van der Waals surface area (Å²) in [5, 5.41) is 16.8. The Hall–Kier alpha value is -2.45. The molecule has 1 aromatic heterocycles. The van der Waals surface area contributed by atoms with Gasteiger partial charge in [-0.25, -0.2) is 8.42 Å². The summed E-state index contributed by atoms with van der Waals surface area (Å²) in [5.74, 6) is -1.14. The number of rotatable bonds is 10. The van der Waals surface area contributed by atoms with E-state index < -0.39 is 51.6 Å². The van der Waals surface area contributed by atoms with Gasteiger partial charge in [0.1, 0.15) is 15.6 Å². The van der Waals surface area contributed by atoms with Crippen LogP contribution in [0, 0.1) is 5.92 Å². The molecule has 1 amide bonds. The zero-order valence-electron chi connectivity index (χ0n) is 22.1. The number of alkyl halides is 5. The fourth-order valence-corrected chi connectivity index (χ4v) is 6.35. The van der Waals surface area contributed by atoms with Crippen molar-refractivity contribution in [2.24, 2.45) is 5.92 Å². The standard InChI is InChI=1S/C25H31ClF5N3O5S/c1-4-34-21(17-10-7-15(11-18(17)39-23(27)28)24(2,36)13-25(29,30)31)19(26)20(33-34)22(35)32-12-14-5-8-16(9-6-14)40(3,37)38/h7,10-11,14,16,23,36H,4-6,8-9,12-13H2,1-3H3,(H,32,35)/t14?,16?,24-/m0/s1. The van der Waals surface area contributed by atoms with Gasteiger partial charge in [-0.3, -0.25) is 9.48 Å². The SMILES string of the molecule is CCn1nc(C(=O)NCC2CCC(S(C)(=O)=O)CC2)c(Cl)c1-c1ccc([C@@](C)(O)CC(F)(F)F)cc1OC(F)F. The van der Waals surface area contributed by atoms with Gasteiger partial charge in [-0.15, -0.1) is 0 Å². The van der Waals surface area contributed by atoms with Crippen LogP contribution in [-0.2, 0) is 22.0 Å². The average molecular weight is 616 g/mol. The van der Waals surface area contributed by atoms with Gasteiger partial charge in [-0.1, -0.05) is 17.7 Å². The summed E-state index contributed by atoms with van der Waals surface area (Å²) in [7, 11) is -3.13. The third-order valence-corrected chi connectivity index (χ3v) is 9.02. The Morgan fingerprint density at radius 3 is 2.40 bits per heavy atom. The monoisotopic (exact) mass is 615 g/mol. The number of aliphatic hydroxyl groups is 1. The van der Waals surface area contributed by atoms with Crippen molar-refractivity contribution in [3.63, 3.8) is 0 Å². The van der Waals surface area contributed by atoms with Gasteiger partial charge >= 0.3 is 12.8 Å². The highest BCUT2D eigenvalue weighted by Crippen LogP contribution is 2.42. The fraction of sp³-hybridized carbons (Fsp3) is 0.600. The minimum atomic E-state index is -4.73. The first-order valence-corrected chi connectivity index (χ1v) is 14.9. The highest BCUT2D eigenvalue weighted by atomic mass is 35.5. The Balaban J connectivity index is 1.88. The number of sulfone groups is 1. The minimum absolute atomic E-state index is 0.0284. The summed E-state index contributed by atoms with van der Waals surface area (Å²) in [5.41, 5.74) is -2.98. The Morgan fingerprint density at radius 2 is 1.88 bits per heavy atom. The molecule has 8 nitrogen and oxygen atoms in total. The van der Waals surface area contributed by atoms with E-state index in [0.29, 0.717) is 25.7 Å². The van der Waals surface area contributed by atoms with Gasteiger partial charge in [-0.05, 0) is 63.1 Å². The van der Waals surface area contributed by atoms with E-state index in [0.717, 1.165) is 19.1 Å². The lowest BCUT2D eigenvalue weighted by molar-refractivity contribution is -0.174. The number of hydrogen-bond acceptors (Lipinski definition) is 6. The first-order valence-electron chi connectivity index (χ1n) is 12.5. The Kier molecular flexibility index (Phi) is 9.78. The molecule has 0 saturated heterocycles. The van der Waals surface area contributed by atoms with E-state index in [-0.39, 0.29) is 46.5 Å². The maximum atomic E-state index is 13.3. The molecule has 40 heavy (non-hydrogen) atoms. The normalized spacial score (nSPS) is 19.9. The molecule has 2 aromatic rings. The van der Waals surface area contributed by atoms with E-state index >= 15 is 0 Å². The van der Waals surface area contributed by atoms with E-state index in [4.69, 9.17) is 11.6 Å². The highest BCUT2D eigenvalue weighted by Gasteiger charge is 2.40. The molecule has 0 aliphatic heterocycles. The molecule has 1 heterocycles. The number of hydrogen-bond donors (Lipinski definition) is 2. The van der Waals surface area contributed by atoms with E-state index in [9.17, 15) is 40.3 Å². The second kappa shape index (κ2) is 12.2. The predicted molar refractivity (Wildman–Crippen MR) is 138 cm³/mol. The largest absolute Gasteiger partial charge is 0.434 e. The van der Waals surface area contributed by atoms with Crippen LogP contribution in [0.3, 0.4) is 0 Å². The number of halogens is 6. The molecular weight excluding hydrogens is 585 g/mol. The van der Waals surface area contributed by atoms with Gasteiger partial charge in [0.05, 0.1) is 28.0 Å². The number of amides is 1. The maximum absolute atomic E-state index is 13.3. The number of carbonyl (C=O) groups is 1. The van der Waals surface area contributed by atoms with E-state index in [1.54, 1.807) is 6.92 Å². The number of aromatic nitrogens is 2. The molecule has 0 spiro atoms. The number of ether oxygens (including phenoxy) is 1. The number of nitrogens with one attached hydrogen (secondary N) is 1. The van der Waals surface area contributed by atoms with Gasteiger partial charge in [-0.2, -0.15) is 27.1 Å². The van der Waals surface area contributed by atoms with Crippen LogP contribution in [0.4, 0.5) is 22.0 Å². The van der Waals surface area contributed by atoms with E-state index in [2.05, 4.69) is 15.2 Å². The molecule has 1 fully saturated rings. The lowest BCUT2D eigenvalue weighted by atomic mass is 9.89. The van der Waals surface area contributed by atoms with Crippen LogP contribution in [-0.4, -0.2) is 60.1 Å². The van der Waals surface area contributed by atoms with E-state index in [1.165, 1.54) is 17.0 Å². The minimum Gasteiger partial charge on any atom is -0.434 e. The predicted octanol–water partition coefficient (Wildman–Crippen LogP) is 5.32. The Morgan fingerprint density at radius 1 is 1.25 bits per heavy atom. The molecule has 1 atom stereocenters. The molecule has 3 rings (SSSR count). The topological polar surface area (TPSA) is 111 Å². The molecule has 224 valence electrons. The van der Waals surface area contributed by atoms with Crippen molar-refractivity contribution in [3.05, 3.63) is 34.5 Å². The average Bonchev–Trinajstić information content (AvgIpc) is 3.16. The van der Waals surface area contributed by atoms with Crippen molar-refractivity contribution >= 4 is 27.3 Å². The van der Waals surface area contributed by atoms with Crippen LogP contribution < -0.4 is 10.1 Å². The number of benzene rings is 1. The van der Waals surface area contributed by atoms with Crippen molar-refractivity contribution in [3.8, 4) is 17.0 Å². The second-order valence-electron chi connectivity index (χ2n) is 10.2. The molecule has 1 aromatic carbocycles. The van der Waals surface area contributed by atoms with Crippen molar-refractivity contribution < 1.29 is 45.0 Å². The Labute approximate surface area is 233 Å². The summed E-state index contributed by atoms with van der Waals surface area (Å²) in [6, 6.07) is 3.19. The summed E-state index contributed by atoms with van der Waals surface area (Å²) in [6.45, 7) is -0.382. The second-order valence-corrected chi connectivity index (χ2v) is 12.9. The molecule has 0 bridgehead atoms. The summed E-state index contributed by atoms with van der Waals surface area (Å²) >= 11 is 6.50. The lowest BCUT2D eigenvalue weighted by Crippen LogP contribution is -2.34. The maximum Gasteiger partial charge on any atom is 0.392 e. The lowest BCUT2D eigenvalue weighted by Gasteiger charge is -2.27. The summed E-state index contributed by atoms with van der Waals surface area (Å²) in [6.07, 6.45) is -2.94. The summed E-state index contributed by atoms with van der Waals surface area (Å²) < 4.78 is 94.8. The quantitative estimate of drug-likeness (QED) is 0.350. The van der Waals surface area contributed by atoms with Crippen LogP contribution in [0.15, 0.2) is 18.2 Å². The molecule has 1 aliphatic rings. The molecular formula is C25H31ClF5N3O5S. The molecule has 0 unspecified atom stereocenters. The molecule has 1 saturated carbocycles. The van der Waals surface area contributed by atoms with Crippen molar-refractivity contribution in [2.45, 2.75) is 76.1 Å². The third kappa shape index (κ3) is 7.84. The van der Waals surface area contributed by atoms with Gasteiger partial charge in [0.15, 0.2) is 5.69 Å². The van der Waals surface area contributed by atoms with E-state index in [1.807, 2.05) is 0 Å². The first-order chi connectivity index (χ1) is 18.4. The van der Waals surface area contributed by atoms with Crippen molar-refractivity contribution in [1.29, 1.82) is 0 Å². The number of aryl methyl sites for hydroxylation is 1. The van der Waals surface area contributed by atoms with Crippen LogP contribution in [0.2, 0.25) is 5.02 Å². The molecule has 1 aliphatic carbocycles. The van der Waals surface area contributed by atoms with Gasteiger partial charge in [0.25, 0.3) is 5.91 Å². The van der Waals surface area contributed by atoms with Gasteiger partial charge in [0.2, 0.25) is 0 Å². The van der Waals surface area contributed by atoms with Gasteiger partial charge in [0, 0.05) is 24.9 Å². The van der Waals surface area contributed by atoms with Crippen molar-refractivity contribution in [1.82, 2.24) is 15.1 Å². The fourth-order valence-electron chi connectivity index (χ4n) is 4.89. The first kappa shape index (κ1) is 32.1. The molecule has 2 N–H and O–H groups in total. The van der Waals surface area contributed by atoms with Crippen LogP contribution in [0.25, 0.3) is 11.3 Å². The Bertz CT molecular complexity index is 1320. The van der Waals surface area contributed by atoms with Crippen LogP contribution in [0.1, 0.15) is 62.0 Å². The number of carbonyl (C=O) groups excluding carboxylic acids is 1. The highest BCUT2D eigenvalue weighted by molar-refractivity contribution is 7.91. The van der Waals surface area contributed by atoms with Gasteiger partial charge < -0.3 is 15.2 Å². The van der Waals surface area contributed by atoms with Crippen molar-refractivity contribution in [2.75, 3.05) is 12.8 Å². The molecule has 15 heteroatoms. The third-order valence-electron chi connectivity index (χ3n) is 6.98. The summed E-state index contributed by atoms with van der Waals surface area (Å²) in [4.78, 5) is 13.0. The smallest absolute Gasteiger partial charge is 0.392 e. The number of nitrogens with zero attached hydrogens (tertiary/aromatic N) is 2. The zero-order chi connectivity index (χ0) is 30.0. The molecule has 0 radical (unpaired) electrons. The zero-order valence-corrected chi connectivity index (χ0v) is 23.6. The van der Waals surface area contributed by atoms with Crippen LogP contribution in [0.5, 0.6) is 5.75 Å². The van der Waals surface area contributed by atoms with Crippen LogP contribution >= 0.6 is 11.6 Å².